The zero-order valence-electron chi connectivity index (χ0n) is 13.4. The predicted molar refractivity (Wildman–Crippen MR) is 97.6 cm³/mol. The standard InChI is InChI=1S/C15H17N3O5S2/c1-9(24)12-4-2-3-11-7-10(5-6-22-14(11)12)13(19)8-25(20,21)23-18-15(16)17/h2-4,7H,5-6,8H2,1H3,(H4,16,17,18). The molecule has 0 saturated carbocycles. The van der Waals surface area contributed by atoms with Gasteiger partial charge in [-0.25, -0.2) is 0 Å². The van der Waals surface area contributed by atoms with Crippen LogP contribution in [0, 0.1) is 0 Å². The molecule has 0 bridgehead atoms. The number of ether oxygens (including phenoxy) is 1. The van der Waals surface area contributed by atoms with Gasteiger partial charge in [0.15, 0.2) is 11.5 Å². The Balaban J connectivity index is 2.28. The van der Waals surface area contributed by atoms with Gasteiger partial charge in [0.05, 0.1) is 6.61 Å². The summed E-state index contributed by atoms with van der Waals surface area (Å²) in [6.45, 7) is 2.00. The van der Waals surface area contributed by atoms with E-state index in [1.54, 1.807) is 25.1 Å². The highest BCUT2D eigenvalue weighted by atomic mass is 32.2. The van der Waals surface area contributed by atoms with Crippen LogP contribution < -0.4 is 16.2 Å². The number of ketones is 1. The molecule has 134 valence electrons. The van der Waals surface area contributed by atoms with E-state index in [2.05, 4.69) is 9.44 Å². The van der Waals surface area contributed by atoms with Gasteiger partial charge in [0.2, 0.25) is 5.96 Å². The molecule has 25 heavy (non-hydrogen) atoms. The summed E-state index contributed by atoms with van der Waals surface area (Å²) in [6.07, 6.45) is 1.85. The molecule has 1 aromatic carbocycles. The summed E-state index contributed by atoms with van der Waals surface area (Å²) in [6, 6.07) is 5.38. The van der Waals surface area contributed by atoms with Gasteiger partial charge in [0.1, 0.15) is 5.75 Å². The van der Waals surface area contributed by atoms with Crippen LogP contribution in [0.4, 0.5) is 0 Å². The molecule has 0 aromatic heterocycles. The van der Waals surface area contributed by atoms with Crippen molar-refractivity contribution in [3.63, 3.8) is 0 Å². The van der Waals surface area contributed by atoms with Crippen molar-refractivity contribution in [3.05, 3.63) is 34.9 Å². The molecular weight excluding hydrogens is 366 g/mol. The first-order valence-electron chi connectivity index (χ1n) is 7.20. The van der Waals surface area contributed by atoms with E-state index in [4.69, 9.17) is 28.4 Å². The zero-order valence-corrected chi connectivity index (χ0v) is 15.0. The number of nitrogens with two attached hydrogens (primary N) is 2. The van der Waals surface area contributed by atoms with Crippen molar-refractivity contribution in [1.82, 2.24) is 0 Å². The Morgan fingerprint density at radius 2 is 2.12 bits per heavy atom. The lowest BCUT2D eigenvalue weighted by Gasteiger charge is -2.11. The third-order valence-electron chi connectivity index (χ3n) is 3.29. The summed E-state index contributed by atoms with van der Waals surface area (Å²) in [5.74, 6) is -1.48. The van der Waals surface area contributed by atoms with Gasteiger partial charge in [-0.1, -0.05) is 30.4 Å². The summed E-state index contributed by atoms with van der Waals surface area (Å²) < 4.78 is 33.4. The van der Waals surface area contributed by atoms with Crippen LogP contribution in [0.5, 0.6) is 5.75 Å². The Kier molecular flexibility index (Phi) is 5.75. The van der Waals surface area contributed by atoms with E-state index < -0.39 is 27.6 Å². The minimum absolute atomic E-state index is 0.221. The van der Waals surface area contributed by atoms with E-state index in [9.17, 15) is 13.2 Å². The zero-order chi connectivity index (χ0) is 18.6. The quantitative estimate of drug-likeness (QED) is 0.241. The molecule has 0 saturated heterocycles. The van der Waals surface area contributed by atoms with Crippen LogP contribution >= 0.6 is 12.2 Å². The van der Waals surface area contributed by atoms with E-state index in [0.29, 0.717) is 21.8 Å². The van der Waals surface area contributed by atoms with Crippen molar-refractivity contribution < 1.29 is 22.2 Å². The maximum atomic E-state index is 12.3. The number of hydrogen-bond acceptors (Lipinski definition) is 7. The molecule has 4 N–H and O–H groups in total. The number of nitrogens with zero attached hydrogens (tertiary/aromatic N) is 1. The van der Waals surface area contributed by atoms with Crippen molar-refractivity contribution in [2.45, 2.75) is 13.3 Å². The molecule has 0 atom stereocenters. The van der Waals surface area contributed by atoms with Crippen LogP contribution in [0.25, 0.3) is 6.08 Å². The molecule has 1 aromatic rings. The van der Waals surface area contributed by atoms with Gasteiger partial charge in [-0.15, -0.1) is 0 Å². The number of carbonyl (C=O) groups excluding carboxylic acids is 1. The highest BCUT2D eigenvalue weighted by molar-refractivity contribution is 7.87. The number of Topliss-reactive ketones (excluding diaryl/α,β-unsaturated/α-hetero) is 1. The Morgan fingerprint density at radius 3 is 2.76 bits per heavy atom. The average molecular weight is 383 g/mol. The van der Waals surface area contributed by atoms with Gasteiger partial charge in [0.25, 0.3) is 0 Å². The number of fused-ring (bicyclic) bond motifs is 1. The van der Waals surface area contributed by atoms with Gasteiger partial charge in [0, 0.05) is 28.0 Å². The van der Waals surface area contributed by atoms with Crippen LogP contribution in [0.3, 0.4) is 0 Å². The molecule has 0 aliphatic carbocycles. The first-order chi connectivity index (χ1) is 11.7. The maximum absolute atomic E-state index is 12.3. The number of carbonyl (C=O) groups is 1. The predicted octanol–water partition coefficient (Wildman–Crippen LogP) is 0.694. The molecule has 0 amide bonds. The number of thiocarbonyl (C=S) groups is 1. The first-order valence-corrected chi connectivity index (χ1v) is 9.19. The second-order valence-corrected chi connectivity index (χ2v) is 7.43. The Bertz CT molecular complexity index is 871. The molecule has 1 aliphatic rings. The summed E-state index contributed by atoms with van der Waals surface area (Å²) in [5, 5.41) is 2.95. The third-order valence-corrected chi connectivity index (χ3v) is 4.43. The largest absolute Gasteiger partial charge is 0.492 e. The summed E-state index contributed by atoms with van der Waals surface area (Å²) in [7, 11) is -4.24. The average Bonchev–Trinajstić information content (AvgIpc) is 2.74. The van der Waals surface area contributed by atoms with E-state index in [0.717, 1.165) is 5.56 Å². The molecular formula is C15H17N3O5S2. The van der Waals surface area contributed by atoms with Crippen molar-refractivity contribution in [1.29, 1.82) is 0 Å². The van der Waals surface area contributed by atoms with E-state index in [1.807, 2.05) is 6.07 Å². The van der Waals surface area contributed by atoms with Crippen LogP contribution in [0.2, 0.25) is 0 Å². The number of rotatable bonds is 6. The number of hydrogen-bond donors (Lipinski definition) is 2. The number of guanidine groups is 1. The first kappa shape index (κ1) is 18.9. The molecule has 1 heterocycles. The fourth-order valence-corrected chi connectivity index (χ4v) is 3.15. The van der Waals surface area contributed by atoms with E-state index in [-0.39, 0.29) is 13.0 Å². The smallest absolute Gasteiger partial charge is 0.336 e. The molecule has 2 rings (SSSR count). The normalized spacial score (nSPS) is 13.6. The second kappa shape index (κ2) is 7.62. The fourth-order valence-electron chi connectivity index (χ4n) is 2.23. The van der Waals surface area contributed by atoms with Crippen LogP contribution in [-0.2, 0) is 19.2 Å². The van der Waals surface area contributed by atoms with Crippen LogP contribution in [-0.4, -0.2) is 37.4 Å². The fraction of sp³-hybridized carbons (Fsp3) is 0.267. The van der Waals surface area contributed by atoms with Gasteiger partial charge in [-0.3, -0.25) is 9.08 Å². The molecule has 1 aliphatic heterocycles. The molecule has 10 heteroatoms. The summed E-state index contributed by atoms with van der Waals surface area (Å²) in [4.78, 5) is 13.0. The summed E-state index contributed by atoms with van der Waals surface area (Å²) in [5.41, 5.74) is 11.7. The van der Waals surface area contributed by atoms with Crippen molar-refractivity contribution in [3.8, 4) is 5.75 Å². The Labute approximate surface area is 150 Å². The SMILES string of the molecule is CC(=S)c1cccc2c1OCCC(C(=O)CS(=O)(=O)ON=C(N)N)=C2. The minimum atomic E-state index is -4.24. The monoisotopic (exact) mass is 383 g/mol. The van der Waals surface area contributed by atoms with Gasteiger partial charge < -0.3 is 16.2 Å². The van der Waals surface area contributed by atoms with E-state index >= 15 is 0 Å². The molecule has 0 unspecified atom stereocenters. The van der Waals surface area contributed by atoms with Crippen molar-refractivity contribution in [2.24, 2.45) is 16.6 Å². The number of oxime groups is 1. The number of benzene rings is 1. The van der Waals surface area contributed by atoms with Crippen molar-refractivity contribution in [2.75, 3.05) is 12.4 Å². The maximum Gasteiger partial charge on any atom is 0.336 e. The molecule has 0 radical (unpaired) electrons. The second-order valence-electron chi connectivity index (χ2n) is 5.26. The van der Waals surface area contributed by atoms with Gasteiger partial charge in [-0.05, 0) is 18.2 Å². The lowest BCUT2D eigenvalue weighted by molar-refractivity contribution is -0.113. The highest BCUT2D eigenvalue weighted by Crippen LogP contribution is 2.30. The lowest BCUT2D eigenvalue weighted by atomic mass is 10.0. The highest BCUT2D eigenvalue weighted by Gasteiger charge is 2.24. The van der Waals surface area contributed by atoms with Crippen molar-refractivity contribution >= 4 is 45.0 Å². The minimum Gasteiger partial charge on any atom is -0.492 e. The molecule has 0 spiro atoms. The van der Waals surface area contributed by atoms with Crippen LogP contribution in [0.15, 0.2) is 28.9 Å². The number of para-hydroxylation sites is 1. The lowest BCUT2D eigenvalue weighted by Crippen LogP contribution is -2.25. The van der Waals surface area contributed by atoms with E-state index in [1.165, 1.54) is 0 Å². The Morgan fingerprint density at radius 1 is 1.40 bits per heavy atom. The molecule has 8 nitrogen and oxygen atoms in total. The topological polar surface area (TPSA) is 134 Å². The molecule has 0 fully saturated rings. The summed E-state index contributed by atoms with van der Waals surface area (Å²) >= 11 is 5.20. The third kappa shape index (κ3) is 5.00. The van der Waals surface area contributed by atoms with Crippen LogP contribution in [0.1, 0.15) is 24.5 Å². The van der Waals surface area contributed by atoms with Gasteiger partial charge >= 0.3 is 10.1 Å². The Hall–Kier alpha value is -2.46. The van der Waals surface area contributed by atoms with Gasteiger partial charge in [-0.2, -0.15) is 8.42 Å².